The van der Waals surface area contributed by atoms with Crippen molar-refractivity contribution in [3.63, 3.8) is 0 Å². The van der Waals surface area contributed by atoms with Gasteiger partial charge in [0.25, 0.3) is 0 Å². The molecule has 0 radical (unpaired) electrons. The fourth-order valence-electron chi connectivity index (χ4n) is 2.45. The van der Waals surface area contributed by atoms with Crippen LogP contribution in [0.15, 0.2) is 0 Å². The number of carbonyl (C=O) groups excluding carboxylic acids is 2. The normalized spacial score (nSPS) is 10.9. The molecule has 0 bridgehead atoms. The summed E-state index contributed by atoms with van der Waals surface area (Å²) in [5.41, 5.74) is 3.25. The van der Waals surface area contributed by atoms with E-state index in [0.717, 1.165) is 29.9 Å². The van der Waals surface area contributed by atoms with Gasteiger partial charge in [-0.15, -0.1) is 0 Å². The number of nitrogens with zero attached hydrogens (tertiary/aromatic N) is 2. The highest BCUT2D eigenvalue weighted by molar-refractivity contribution is 5.84. The van der Waals surface area contributed by atoms with Gasteiger partial charge in [0, 0.05) is 25.2 Å². The monoisotopic (exact) mass is 322 g/mol. The summed E-state index contributed by atoms with van der Waals surface area (Å²) in [6, 6.07) is 0. The molecule has 0 aliphatic rings. The van der Waals surface area contributed by atoms with E-state index in [4.69, 9.17) is 0 Å². The number of nitrogens with one attached hydrogen (secondary N) is 2. The van der Waals surface area contributed by atoms with Crippen LogP contribution in [0.3, 0.4) is 0 Å². The molecule has 1 aromatic heterocycles. The van der Waals surface area contributed by atoms with Crippen LogP contribution < -0.4 is 10.6 Å². The van der Waals surface area contributed by atoms with E-state index in [9.17, 15) is 9.59 Å². The van der Waals surface area contributed by atoms with E-state index in [1.807, 2.05) is 25.5 Å². The van der Waals surface area contributed by atoms with Crippen molar-refractivity contribution in [2.75, 3.05) is 13.1 Å². The minimum Gasteiger partial charge on any atom is -0.355 e. The van der Waals surface area contributed by atoms with Crippen LogP contribution in [-0.2, 0) is 22.6 Å². The van der Waals surface area contributed by atoms with E-state index < -0.39 is 0 Å². The first kappa shape index (κ1) is 19.2. The quantitative estimate of drug-likeness (QED) is 0.727. The van der Waals surface area contributed by atoms with Gasteiger partial charge in [0.2, 0.25) is 11.8 Å². The summed E-state index contributed by atoms with van der Waals surface area (Å²) in [6.45, 7) is 11.9. The second-order valence-corrected chi connectivity index (χ2v) is 6.35. The lowest BCUT2D eigenvalue weighted by molar-refractivity contribution is -0.126. The minimum absolute atomic E-state index is 0.0450. The second kappa shape index (κ2) is 9.33. The molecule has 0 aromatic carbocycles. The van der Waals surface area contributed by atoms with Gasteiger partial charge >= 0.3 is 0 Å². The number of amides is 2. The Morgan fingerprint density at radius 3 is 2.48 bits per heavy atom. The average molecular weight is 322 g/mol. The maximum atomic E-state index is 11.9. The number of aryl methyl sites for hydroxylation is 1. The number of hydrogen-bond acceptors (Lipinski definition) is 3. The third kappa shape index (κ3) is 6.42. The molecule has 0 atom stereocenters. The average Bonchev–Trinajstić information content (AvgIpc) is 2.74. The predicted molar refractivity (Wildman–Crippen MR) is 91.2 cm³/mol. The first-order valence-electron chi connectivity index (χ1n) is 8.41. The van der Waals surface area contributed by atoms with Gasteiger partial charge in [0.15, 0.2) is 0 Å². The standard InChI is InChI=1S/C17H30N4O2/c1-6-9-18-17(23)10-19-16(22)8-7-15-13(4)20-21(14(15)5)11-12(2)3/h12H,6-11H2,1-5H3,(H,18,23)(H,19,22). The summed E-state index contributed by atoms with van der Waals surface area (Å²) in [7, 11) is 0. The molecule has 130 valence electrons. The summed E-state index contributed by atoms with van der Waals surface area (Å²) >= 11 is 0. The van der Waals surface area contributed by atoms with Crippen LogP contribution in [0.4, 0.5) is 0 Å². The molecule has 0 spiro atoms. The van der Waals surface area contributed by atoms with Gasteiger partial charge in [-0.1, -0.05) is 20.8 Å². The molecule has 0 fully saturated rings. The van der Waals surface area contributed by atoms with E-state index in [2.05, 4.69) is 29.6 Å². The van der Waals surface area contributed by atoms with Crippen LogP contribution in [0.25, 0.3) is 0 Å². The molecule has 0 saturated heterocycles. The van der Waals surface area contributed by atoms with Crippen molar-refractivity contribution in [1.29, 1.82) is 0 Å². The first-order chi connectivity index (χ1) is 10.8. The van der Waals surface area contributed by atoms with E-state index in [1.54, 1.807) is 0 Å². The van der Waals surface area contributed by atoms with Gasteiger partial charge in [0.1, 0.15) is 0 Å². The van der Waals surface area contributed by atoms with Crippen molar-refractivity contribution in [2.45, 2.75) is 60.4 Å². The SMILES string of the molecule is CCCNC(=O)CNC(=O)CCc1c(C)nn(CC(C)C)c1C. The van der Waals surface area contributed by atoms with Gasteiger partial charge in [0.05, 0.1) is 12.2 Å². The number of hydrogen-bond donors (Lipinski definition) is 2. The van der Waals surface area contributed by atoms with Gasteiger partial charge in [-0.3, -0.25) is 14.3 Å². The molecule has 0 aliphatic carbocycles. The lowest BCUT2D eigenvalue weighted by Gasteiger charge is -2.08. The molecule has 1 heterocycles. The summed E-state index contributed by atoms with van der Waals surface area (Å²) in [5, 5.41) is 9.95. The summed E-state index contributed by atoms with van der Waals surface area (Å²) in [5.74, 6) is 0.287. The van der Waals surface area contributed by atoms with Crippen molar-refractivity contribution in [3.05, 3.63) is 17.0 Å². The summed E-state index contributed by atoms with van der Waals surface area (Å²) < 4.78 is 2.02. The van der Waals surface area contributed by atoms with Crippen molar-refractivity contribution < 1.29 is 9.59 Å². The number of aromatic nitrogens is 2. The Hall–Kier alpha value is -1.85. The van der Waals surface area contributed by atoms with Crippen LogP contribution in [0.5, 0.6) is 0 Å². The van der Waals surface area contributed by atoms with Crippen molar-refractivity contribution >= 4 is 11.8 Å². The predicted octanol–water partition coefficient (Wildman–Crippen LogP) is 1.73. The lowest BCUT2D eigenvalue weighted by Crippen LogP contribution is -2.37. The second-order valence-electron chi connectivity index (χ2n) is 6.35. The van der Waals surface area contributed by atoms with Gasteiger partial charge in [-0.2, -0.15) is 5.10 Å². The van der Waals surface area contributed by atoms with Gasteiger partial charge < -0.3 is 10.6 Å². The molecule has 0 aliphatic heterocycles. The highest BCUT2D eigenvalue weighted by Gasteiger charge is 2.14. The Bertz CT molecular complexity index is 535. The summed E-state index contributed by atoms with van der Waals surface area (Å²) in [4.78, 5) is 23.3. The highest BCUT2D eigenvalue weighted by Crippen LogP contribution is 2.16. The van der Waals surface area contributed by atoms with Crippen LogP contribution in [0.1, 0.15) is 50.6 Å². The number of carbonyl (C=O) groups is 2. The van der Waals surface area contributed by atoms with Crippen LogP contribution in [0, 0.1) is 19.8 Å². The maximum Gasteiger partial charge on any atom is 0.239 e. The molecule has 2 N–H and O–H groups in total. The first-order valence-corrected chi connectivity index (χ1v) is 8.41. The molecular formula is C17H30N4O2. The Morgan fingerprint density at radius 1 is 1.17 bits per heavy atom. The van der Waals surface area contributed by atoms with E-state index in [-0.39, 0.29) is 18.4 Å². The van der Waals surface area contributed by atoms with Crippen molar-refractivity contribution in [3.8, 4) is 0 Å². The topological polar surface area (TPSA) is 76.0 Å². The van der Waals surface area contributed by atoms with Crippen LogP contribution in [-0.4, -0.2) is 34.7 Å². The third-order valence-corrected chi connectivity index (χ3v) is 3.69. The molecule has 1 aromatic rings. The largest absolute Gasteiger partial charge is 0.355 e. The molecule has 1 rings (SSSR count). The fraction of sp³-hybridized carbons (Fsp3) is 0.706. The zero-order chi connectivity index (χ0) is 17.4. The van der Waals surface area contributed by atoms with Crippen molar-refractivity contribution in [1.82, 2.24) is 20.4 Å². The molecule has 6 nitrogen and oxygen atoms in total. The Balaban J connectivity index is 2.47. The zero-order valence-electron chi connectivity index (χ0n) is 15.0. The molecule has 23 heavy (non-hydrogen) atoms. The van der Waals surface area contributed by atoms with Crippen LogP contribution >= 0.6 is 0 Å². The van der Waals surface area contributed by atoms with E-state index >= 15 is 0 Å². The van der Waals surface area contributed by atoms with E-state index in [0.29, 0.717) is 25.3 Å². The molecule has 0 unspecified atom stereocenters. The van der Waals surface area contributed by atoms with Gasteiger partial charge in [-0.05, 0) is 38.2 Å². The van der Waals surface area contributed by atoms with Gasteiger partial charge in [-0.25, -0.2) is 0 Å². The van der Waals surface area contributed by atoms with E-state index in [1.165, 1.54) is 0 Å². The Kier molecular flexibility index (Phi) is 7.78. The van der Waals surface area contributed by atoms with Crippen LogP contribution in [0.2, 0.25) is 0 Å². The molecule has 0 saturated carbocycles. The Morgan fingerprint density at radius 2 is 1.87 bits per heavy atom. The highest BCUT2D eigenvalue weighted by atomic mass is 16.2. The maximum absolute atomic E-state index is 11.9. The fourth-order valence-corrected chi connectivity index (χ4v) is 2.45. The minimum atomic E-state index is -0.141. The molecule has 6 heteroatoms. The number of rotatable bonds is 9. The molecule has 2 amide bonds. The Labute approximate surface area is 139 Å². The summed E-state index contributed by atoms with van der Waals surface area (Å²) in [6.07, 6.45) is 1.91. The molecular weight excluding hydrogens is 292 g/mol. The lowest BCUT2D eigenvalue weighted by atomic mass is 10.1. The zero-order valence-corrected chi connectivity index (χ0v) is 15.0. The smallest absolute Gasteiger partial charge is 0.239 e. The van der Waals surface area contributed by atoms with Crippen molar-refractivity contribution in [2.24, 2.45) is 5.92 Å². The third-order valence-electron chi connectivity index (χ3n) is 3.69.